The molecule has 0 fully saturated rings. The molecule has 2 aromatic rings. The molecular formula is C20H21N3O6. The van der Waals surface area contributed by atoms with E-state index in [0.717, 1.165) is 0 Å². The number of para-hydroxylation sites is 1. The molecule has 2 aromatic carbocycles. The van der Waals surface area contributed by atoms with E-state index in [4.69, 9.17) is 9.47 Å². The van der Waals surface area contributed by atoms with Gasteiger partial charge in [0, 0.05) is 12.6 Å². The quantitative estimate of drug-likeness (QED) is 0.608. The summed E-state index contributed by atoms with van der Waals surface area (Å²) in [7, 11) is 1.34. The molecule has 0 spiro atoms. The maximum absolute atomic E-state index is 12.1. The van der Waals surface area contributed by atoms with E-state index in [2.05, 4.69) is 10.6 Å². The molecule has 2 rings (SSSR count). The van der Waals surface area contributed by atoms with Crippen molar-refractivity contribution in [3.05, 3.63) is 60.2 Å². The lowest BCUT2D eigenvalue weighted by molar-refractivity contribution is -0.153. The Morgan fingerprint density at radius 1 is 0.931 bits per heavy atom. The van der Waals surface area contributed by atoms with Crippen molar-refractivity contribution in [2.45, 2.75) is 13.0 Å². The van der Waals surface area contributed by atoms with Crippen molar-refractivity contribution in [3.8, 4) is 11.5 Å². The van der Waals surface area contributed by atoms with Crippen molar-refractivity contribution >= 4 is 23.8 Å². The van der Waals surface area contributed by atoms with Crippen molar-refractivity contribution in [2.24, 2.45) is 0 Å². The van der Waals surface area contributed by atoms with Crippen LogP contribution in [0.25, 0.3) is 0 Å². The van der Waals surface area contributed by atoms with Gasteiger partial charge in [0.05, 0.1) is 0 Å². The number of esters is 1. The van der Waals surface area contributed by atoms with E-state index in [9.17, 15) is 19.2 Å². The van der Waals surface area contributed by atoms with Crippen LogP contribution in [0.15, 0.2) is 54.6 Å². The molecule has 0 heterocycles. The number of hydrogen-bond donors (Lipinski definition) is 3. The molecule has 29 heavy (non-hydrogen) atoms. The van der Waals surface area contributed by atoms with Gasteiger partial charge in [0.1, 0.15) is 18.0 Å². The highest BCUT2D eigenvalue weighted by Crippen LogP contribution is 2.21. The summed E-state index contributed by atoms with van der Waals surface area (Å²) in [6, 6.07) is 14.8. The number of ether oxygens (including phenoxy) is 2. The van der Waals surface area contributed by atoms with Crippen LogP contribution in [0.2, 0.25) is 0 Å². The van der Waals surface area contributed by atoms with Crippen LogP contribution in [-0.2, 0) is 14.3 Å². The molecular weight excluding hydrogens is 378 g/mol. The summed E-state index contributed by atoms with van der Waals surface area (Å²) in [6.45, 7) is 0.877. The van der Waals surface area contributed by atoms with Gasteiger partial charge in [-0.1, -0.05) is 18.2 Å². The Hall–Kier alpha value is -3.88. The lowest BCUT2D eigenvalue weighted by Gasteiger charge is -2.13. The third kappa shape index (κ3) is 6.98. The number of benzene rings is 2. The summed E-state index contributed by atoms with van der Waals surface area (Å²) >= 11 is 0. The monoisotopic (exact) mass is 399 g/mol. The van der Waals surface area contributed by atoms with Gasteiger partial charge in [-0.15, -0.1) is 0 Å². The van der Waals surface area contributed by atoms with Crippen LogP contribution < -0.4 is 20.7 Å². The molecule has 1 atom stereocenters. The smallest absolute Gasteiger partial charge is 0.326 e. The SMILES string of the molecule is CNC(=O)NC(=O)[C@H](C)OC(=O)CNC(=O)c1ccc(Oc2ccccc2)cc1. The number of carbonyl (C=O) groups excluding carboxylic acids is 4. The average Bonchev–Trinajstić information content (AvgIpc) is 2.73. The Labute approximate surface area is 167 Å². The summed E-state index contributed by atoms with van der Waals surface area (Å²) in [5.74, 6) is -0.860. The minimum Gasteiger partial charge on any atom is -0.457 e. The van der Waals surface area contributed by atoms with Crippen LogP contribution >= 0.6 is 0 Å². The maximum Gasteiger partial charge on any atom is 0.326 e. The van der Waals surface area contributed by atoms with Crippen LogP contribution in [-0.4, -0.2) is 43.5 Å². The Kier molecular flexibility index (Phi) is 7.72. The van der Waals surface area contributed by atoms with Gasteiger partial charge in [0.2, 0.25) is 0 Å². The molecule has 0 saturated carbocycles. The molecule has 0 aromatic heterocycles. The second kappa shape index (κ2) is 10.5. The molecule has 9 nitrogen and oxygen atoms in total. The molecule has 0 unspecified atom stereocenters. The Morgan fingerprint density at radius 2 is 1.55 bits per heavy atom. The number of amides is 4. The van der Waals surface area contributed by atoms with Gasteiger partial charge in [-0.2, -0.15) is 0 Å². The Balaban J connectivity index is 1.80. The Bertz CT molecular complexity index is 868. The van der Waals surface area contributed by atoms with E-state index in [-0.39, 0.29) is 0 Å². The molecule has 3 N–H and O–H groups in total. The number of nitrogens with one attached hydrogen (secondary N) is 3. The minimum atomic E-state index is -1.19. The van der Waals surface area contributed by atoms with E-state index in [1.165, 1.54) is 14.0 Å². The van der Waals surface area contributed by atoms with Gasteiger partial charge in [0.25, 0.3) is 11.8 Å². The molecule has 0 saturated heterocycles. The first-order valence-corrected chi connectivity index (χ1v) is 8.72. The van der Waals surface area contributed by atoms with Crippen molar-refractivity contribution in [2.75, 3.05) is 13.6 Å². The summed E-state index contributed by atoms with van der Waals surface area (Å²) in [4.78, 5) is 46.6. The first-order chi connectivity index (χ1) is 13.9. The third-order valence-corrected chi connectivity index (χ3v) is 3.63. The summed E-state index contributed by atoms with van der Waals surface area (Å²) in [5, 5.41) is 6.58. The molecule has 0 aliphatic heterocycles. The predicted octanol–water partition coefficient (Wildman–Crippen LogP) is 1.60. The lowest BCUT2D eigenvalue weighted by Crippen LogP contribution is -2.44. The van der Waals surface area contributed by atoms with Gasteiger partial charge in [0.15, 0.2) is 6.10 Å². The highest BCUT2D eigenvalue weighted by atomic mass is 16.5. The fourth-order valence-corrected chi connectivity index (χ4v) is 2.12. The second-order valence-electron chi connectivity index (χ2n) is 5.82. The van der Waals surface area contributed by atoms with Crippen molar-refractivity contribution in [1.29, 1.82) is 0 Å². The highest BCUT2D eigenvalue weighted by molar-refractivity contribution is 5.98. The molecule has 152 valence electrons. The van der Waals surface area contributed by atoms with Gasteiger partial charge < -0.3 is 20.1 Å². The van der Waals surface area contributed by atoms with Crippen LogP contribution in [0.5, 0.6) is 11.5 Å². The normalized spacial score (nSPS) is 11.0. The van der Waals surface area contributed by atoms with Crippen LogP contribution in [0.1, 0.15) is 17.3 Å². The van der Waals surface area contributed by atoms with E-state index in [1.54, 1.807) is 24.3 Å². The van der Waals surface area contributed by atoms with Crippen LogP contribution in [0.4, 0.5) is 4.79 Å². The molecule has 4 amide bonds. The summed E-state index contributed by atoms with van der Waals surface area (Å²) in [5.41, 5.74) is 0.323. The lowest BCUT2D eigenvalue weighted by atomic mass is 10.2. The molecule has 0 bridgehead atoms. The van der Waals surface area contributed by atoms with Gasteiger partial charge in [-0.05, 0) is 43.3 Å². The third-order valence-electron chi connectivity index (χ3n) is 3.63. The zero-order chi connectivity index (χ0) is 21.2. The minimum absolute atomic E-state index is 0.323. The number of rotatable bonds is 7. The average molecular weight is 399 g/mol. The zero-order valence-electron chi connectivity index (χ0n) is 15.9. The molecule has 9 heteroatoms. The number of imide groups is 1. The van der Waals surface area contributed by atoms with E-state index < -0.39 is 36.5 Å². The predicted molar refractivity (Wildman–Crippen MR) is 103 cm³/mol. The number of carbonyl (C=O) groups is 4. The topological polar surface area (TPSA) is 123 Å². The van der Waals surface area contributed by atoms with Gasteiger partial charge >= 0.3 is 12.0 Å². The van der Waals surface area contributed by atoms with Crippen molar-refractivity contribution in [3.63, 3.8) is 0 Å². The Morgan fingerprint density at radius 3 is 2.17 bits per heavy atom. The fourth-order valence-electron chi connectivity index (χ4n) is 2.12. The number of hydrogen-bond acceptors (Lipinski definition) is 6. The van der Waals surface area contributed by atoms with Crippen LogP contribution in [0, 0.1) is 0 Å². The highest BCUT2D eigenvalue weighted by Gasteiger charge is 2.20. The molecule has 0 aliphatic carbocycles. The zero-order valence-corrected chi connectivity index (χ0v) is 15.9. The maximum atomic E-state index is 12.1. The van der Waals surface area contributed by atoms with Crippen LogP contribution in [0.3, 0.4) is 0 Å². The first-order valence-electron chi connectivity index (χ1n) is 8.72. The second-order valence-corrected chi connectivity index (χ2v) is 5.82. The van der Waals surface area contributed by atoms with E-state index >= 15 is 0 Å². The van der Waals surface area contributed by atoms with Crippen molar-refractivity contribution < 1.29 is 28.7 Å². The summed E-state index contributed by atoms with van der Waals surface area (Å²) < 4.78 is 10.5. The largest absolute Gasteiger partial charge is 0.457 e. The fraction of sp³-hybridized carbons (Fsp3) is 0.200. The first kappa shape index (κ1) is 21.4. The molecule has 0 aliphatic rings. The van der Waals surface area contributed by atoms with Gasteiger partial charge in [-0.25, -0.2) is 4.79 Å². The van der Waals surface area contributed by atoms with Crippen molar-refractivity contribution in [1.82, 2.24) is 16.0 Å². The van der Waals surface area contributed by atoms with Gasteiger partial charge in [-0.3, -0.25) is 19.7 Å². The van der Waals surface area contributed by atoms with E-state index in [1.807, 2.05) is 35.6 Å². The molecule has 0 radical (unpaired) electrons. The standard InChI is InChI=1S/C20H21N3O6/c1-13(18(25)23-20(27)21-2)28-17(24)12-22-19(26)14-8-10-16(11-9-14)29-15-6-4-3-5-7-15/h3-11,13H,12H2,1-2H3,(H,22,26)(H2,21,23,25,27)/t13-/m0/s1. The van der Waals surface area contributed by atoms with E-state index in [0.29, 0.717) is 17.1 Å². The number of urea groups is 1. The summed E-state index contributed by atoms with van der Waals surface area (Å²) in [6.07, 6.45) is -1.19.